The molecule has 6 aromatic rings. The summed E-state index contributed by atoms with van der Waals surface area (Å²) in [7, 11) is 0. The summed E-state index contributed by atoms with van der Waals surface area (Å²) in [5, 5.41) is 20.4. The molecular formula is C45H54N6. The molecule has 0 spiro atoms. The average Bonchev–Trinajstić information content (AvgIpc) is 3.18. The Morgan fingerprint density at radius 3 is 0.843 bits per heavy atom. The molecule has 0 unspecified atom stereocenters. The zero-order chi connectivity index (χ0) is 35.6. The van der Waals surface area contributed by atoms with Crippen LogP contribution in [0.15, 0.2) is 170 Å². The molecule has 0 radical (unpaired) electrons. The lowest BCUT2D eigenvalue weighted by Gasteiger charge is -2.12. The van der Waals surface area contributed by atoms with Gasteiger partial charge in [0.25, 0.3) is 0 Å². The second kappa shape index (κ2) is 23.5. The normalized spacial score (nSPS) is 9.92. The molecule has 0 bridgehead atoms. The highest BCUT2D eigenvalue weighted by molar-refractivity contribution is 5.52. The number of para-hydroxylation sites is 6. The van der Waals surface area contributed by atoms with E-state index in [1.165, 1.54) is 33.9 Å². The van der Waals surface area contributed by atoms with Crippen LogP contribution >= 0.6 is 0 Å². The molecule has 6 N–H and O–H groups in total. The molecule has 0 saturated heterocycles. The van der Waals surface area contributed by atoms with Gasteiger partial charge in [0, 0.05) is 73.4 Å². The van der Waals surface area contributed by atoms with Crippen molar-refractivity contribution in [3.05, 3.63) is 181 Å². The lowest BCUT2D eigenvalue weighted by Crippen LogP contribution is -2.14. The van der Waals surface area contributed by atoms with Crippen molar-refractivity contribution in [2.75, 3.05) is 71.2 Å². The Hall–Kier alpha value is -5.88. The first-order chi connectivity index (χ1) is 25.2. The first-order valence-electron chi connectivity index (χ1n) is 17.9. The Labute approximate surface area is 305 Å². The van der Waals surface area contributed by atoms with Crippen LogP contribution in [0.3, 0.4) is 0 Å². The molecule has 0 aliphatic heterocycles. The fraction of sp³-hybridized carbons (Fsp3) is 0.200. The molecule has 6 aromatic carbocycles. The minimum absolute atomic E-state index is 0.916. The van der Waals surface area contributed by atoms with Crippen LogP contribution in [-0.4, -0.2) is 39.3 Å². The molecule has 0 heterocycles. The van der Waals surface area contributed by atoms with Gasteiger partial charge in [0.2, 0.25) is 0 Å². The number of benzene rings is 6. The van der Waals surface area contributed by atoms with E-state index in [1.54, 1.807) is 0 Å². The quantitative estimate of drug-likeness (QED) is 0.0573. The smallest absolute Gasteiger partial charge is 0.0370 e. The largest absolute Gasteiger partial charge is 0.385 e. The number of aryl methyl sites for hydroxylation is 2. The summed E-state index contributed by atoms with van der Waals surface area (Å²) in [4.78, 5) is 0. The van der Waals surface area contributed by atoms with E-state index in [0.717, 1.165) is 57.1 Å². The van der Waals surface area contributed by atoms with E-state index in [0.29, 0.717) is 0 Å². The topological polar surface area (TPSA) is 72.2 Å². The molecule has 6 rings (SSSR count). The number of hydrogen-bond acceptors (Lipinski definition) is 6. The number of rotatable bonds is 16. The van der Waals surface area contributed by atoms with Crippen molar-refractivity contribution in [2.45, 2.75) is 20.3 Å². The lowest BCUT2D eigenvalue weighted by atomic mass is 10.2. The molecule has 0 saturated carbocycles. The highest BCUT2D eigenvalue weighted by atomic mass is 15.0. The highest BCUT2D eigenvalue weighted by Gasteiger charge is 1.97. The van der Waals surface area contributed by atoms with Crippen LogP contribution in [0.1, 0.15) is 17.5 Å². The van der Waals surface area contributed by atoms with Crippen LogP contribution in [0.5, 0.6) is 0 Å². The first-order valence-corrected chi connectivity index (χ1v) is 17.9. The van der Waals surface area contributed by atoms with E-state index in [9.17, 15) is 0 Å². The van der Waals surface area contributed by atoms with Crippen LogP contribution in [0.4, 0.5) is 34.1 Å². The third kappa shape index (κ3) is 15.9. The van der Waals surface area contributed by atoms with Crippen molar-refractivity contribution in [3.63, 3.8) is 0 Å². The summed E-state index contributed by atoms with van der Waals surface area (Å²) in [5.74, 6) is 0. The van der Waals surface area contributed by atoms with E-state index < -0.39 is 0 Å². The highest BCUT2D eigenvalue weighted by Crippen LogP contribution is 2.14. The first kappa shape index (κ1) is 37.9. The second-order valence-electron chi connectivity index (χ2n) is 12.0. The van der Waals surface area contributed by atoms with E-state index in [4.69, 9.17) is 0 Å². The fourth-order valence-corrected chi connectivity index (χ4v) is 5.13. The van der Waals surface area contributed by atoms with Crippen molar-refractivity contribution in [1.82, 2.24) is 0 Å². The van der Waals surface area contributed by atoms with Gasteiger partial charge in [-0.2, -0.15) is 0 Å². The maximum Gasteiger partial charge on any atom is 0.0370 e. The van der Waals surface area contributed by atoms with Crippen LogP contribution in [-0.2, 0) is 0 Å². The molecule has 0 amide bonds. The molecular weight excluding hydrogens is 625 g/mol. The third-order valence-electron chi connectivity index (χ3n) is 7.94. The van der Waals surface area contributed by atoms with Gasteiger partial charge in [-0.3, -0.25) is 0 Å². The summed E-state index contributed by atoms with van der Waals surface area (Å²) in [5.41, 5.74) is 9.70. The maximum atomic E-state index is 3.44. The standard InChI is InChI=1S/C16H20N2.C15H18N2.C14H16N2/c1-13-7-3-5-9-15(13)17-11-12-18-16-10-6-4-8-14(16)2;1-3-8-14(9-4-1)16-12-7-13-17-15-10-5-2-6-11-15;1-3-7-13(8-4-1)15-11-12-16-14-9-5-2-6-10-14/h3-10,17-18H,11-12H2,1-2H3;1-6,8-11,16-17H,7,12-13H2;1-10,15-16H,11-12H2. The zero-order valence-corrected chi connectivity index (χ0v) is 30.1. The lowest BCUT2D eigenvalue weighted by molar-refractivity contribution is 0.909. The minimum atomic E-state index is 0.916. The molecule has 0 aliphatic rings. The number of anilines is 6. The second-order valence-corrected chi connectivity index (χ2v) is 12.0. The SMILES string of the molecule is Cc1ccccc1NCCNc1ccccc1C.c1ccc(NCCCNc2ccccc2)cc1.c1ccc(NCCNc2ccccc2)cc1. The summed E-state index contributed by atoms with van der Waals surface area (Å²) >= 11 is 0. The van der Waals surface area contributed by atoms with Gasteiger partial charge in [-0.15, -0.1) is 0 Å². The van der Waals surface area contributed by atoms with Gasteiger partial charge in [0.15, 0.2) is 0 Å². The van der Waals surface area contributed by atoms with Gasteiger partial charge in [-0.25, -0.2) is 0 Å². The van der Waals surface area contributed by atoms with Gasteiger partial charge in [-0.05, 0) is 92.1 Å². The summed E-state index contributed by atoms with van der Waals surface area (Å²) in [6.07, 6.45) is 1.10. The van der Waals surface area contributed by atoms with Gasteiger partial charge < -0.3 is 31.9 Å². The van der Waals surface area contributed by atoms with Crippen LogP contribution in [0.2, 0.25) is 0 Å². The Morgan fingerprint density at radius 2 is 0.529 bits per heavy atom. The van der Waals surface area contributed by atoms with E-state index in [-0.39, 0.29) is 0 Å². The number of nitrogens with one attached hydrogen (secondary N) is 6. The van der Waals surface area contributed by atoms with Gasteiger partial charge in [0.1, 0.15) is 0 Å². The molecule has 0 fully saturated rings. The summed E-state index contributed by atoms with van der Waals surface area (Å²) < 4.78 is 0. The molecule has 264 valence electrons. The van der Waals surface area contributed by atoms with E-state index in [2.05, 4.69) is 143 Å². The zero-order valence-electron chi connectivity index (χ0n) is 30.1. The Balaban J connectivity index is 0.000000172. The molecule has 6 nitrogen and oxygen atoms in total. The van der Waals surface area contributed by atoms with Crippen LogP contribution in [0, 0.1) is 13.8 Å². The van der Waals surface area contributed by atoms with Gasteiger partial charge in [0.05, 0.1) is 0 Å². The van der Waals surface area contributed by atoms with Crippen LogP contribution < -0.4 is 31.9 Å². The summed E-state index contributed by atoms with van der Waals surface area (Å²) in [6.45, 7) is 9.89. The van der Waals surface area contributed by atoms with Gasteiger partial charge >= 0.3 is 0 Å². The van der Waals surface area contributed by atoms with Crippen molar-refractivity contribution < 1.29 is 0 Å². The van der Waals surface area contributed by atoms with Crippen molar-refractivity contribution in [3.8, 4) is 0 Å². The Bertz CT molecular complexity index is 1600. The molecule has 0 aliphatic carbocycles. The Kier molecular flexibility index (Phi) is 17.5. The van der Waals surface area contributed by atoms with Crippen LogP contribution in [0.25, 0.3) is 0 Å². The number of hydrogen-bond donors (Lipinski definition) is 6. The summed E-state index contributed by atoms with van der Waals surface area (Å²) in [6, 6.07) is 57.8. The van der Waals surface area contributed by atoms with Crippen molar-refractivity contribution >= 4 is 34.1 Å². The molecule has 51 heavy (non-hydrogen) atoms. The molecule has 6 heteroatoms. The fourth-order valence-electron chi connectivity index (χ4n) is 5.13. The third-order valence-corrected chi connectivity index (χ3v) is 7.94. The van der Waals surface area contributed by atoms with Crippen molar-refractivity contribution in [1.29, 1.82) is 0 Å². The monoisotopic (exact) mass is 678 g/mol. The minimum Gasteiger partial charge on any atom is -0.385 e. The van der Waals surface area contributed by atoms with E-state index in [1.807, 2.05) is 72.8 Å². The van der Waals surface area contributed by atoms with Crippen molar-refractivity contribution in [2.24, 2.45) is 0 Å². The predicted octanol–water partition coefficient (Wildman–Crippen LogP) is 10.6. The van der Waals surface area contributed by atoms with E-state index >= 15 is 0 Å². The predicted molar refractivity (Wildman–Crippen MR) is 224 cm³/mol. The van der Waals surface area contributed by atoms with Gasteiger partial charge in [-0.1, -0.05) is 109 Å². The Morgan fingerprint density at radius 1 is 0.275 bits per heavy atom. The molecule has 0 aromatic heterocycles. The molecule has 0 atom stereocenters. The maximum absolute atomic E-state index is 3.44. The average molecular weight is 679 g/mol.